The van der Waals surface area contributed by atoms with Crippen molar-refractivity contribution in [2.45, 2.75) is 25.5 Å². The minimum atomic E-state index is -0.474. The Morgan fingerprint density at radius 3 is 2.26 bits per heavy atom. The lowest BCUT2D eigenvalue weighted by Crippen LogP contribution is -2.29. The molecule has 3 amide bonds. The second-order valence-electron chi connectivity index (χ2n) is 7.89. The molecule has 0 saturated heterocycles. The van der Waals surface area contributed by atoms with Crippen LogP contribution in [-0.4, -0.2) is 35.3 Å². The molecule has 0 aromatic heterocycles. The summed E-state index contributed by atoms with van der Waals surface area (Å²) in [6, 6.07) is 24.4. The predicted molar refractivity (Wildman–Crippen MR) is 139 cm³/mol. The van der Waals surface area contributed by atoms with E-state index in [9.17, 15) is 14.4 Å². The highest BCUT2D eigenvalue weighted by Crippen LogP contribution is 2.19. The number of anilines is 2. The molecule has 3 rings (SSSR count). The lowest BCUT2D eigenvalue weighted by Gasteiger charge is -2.15. The number of aryl methyl sites for hydroxylation is 1. The fourth-order valence-corrected chi connectivity index (χ4v) is 3.88. The van der Waals surface area contributed by atoms with Crippen LogP contribution >= 0.6 is 11.8 Å². The average Bonchev–Trinajstić information content (AvgIpc) is 2.85. The molecule has 0 spiro atoms. The topological polar surface area (TPSA) is 87.3 Å². The van der Waals surface area contributed by atoms with Crippen molar-refractivity contribution in [3.05, 3.63) is 95.6 Å². The molecule has 0 bridgehead atoms. The molecule has 3 N–H and O–H groups in total. The SMILES string of the molecule is Cc1ccc(NC(=O)CSC(C)C(=O)Nc2ccccc2C(=O)NCCc2ccccc2)cc1. The van der Waals surface area contributed by atoms with E-state index in [-0.39, 0.29) is 23.5 Å². The zero-order valence-electron chi connectivity index (χ0n) is 19.3. The number of thioether (sulfide) groups is 1. The highest BCUT2D eigenvalue weighted by molar-refractivity contribution is 8.01. The summed E-state index contributed by atoms with van der Waals surface area (Å²) in [4.78, 5) is 37.6. The molecule has 1 unspecified atom stereocenters. The van der Waals surface area contributed by atoms with E-state index in [1.54, 1.807) is 31.2 Å². The minimum Gasteiger partial charge on any atom is -0.352 e. The smallest absolute Gasteiger partial charge is 0.253 e. The molecule has 34 heavy (non-hydrogen) atoms. The first-order valence-corrected chi connectivity index (χ1v) is 12.2. The second kappa shape index (κ2) is 12.6. The molecule has 0 aliphatic carbocycles. The Morgan fingerprint density at radius 2 is 1.53 bits per heavy atom. The third-order valence-electron chi connectivity index (χ3n) is 5.14. The number of carbonyl (C=O) groups is 3. The van der Waals surface area contributed by atoms with E-state index in [1.807, 2.05) is 61.5 Å². The standard InChI is InChI=1S/C27H29N3O3S/c1-19-12-14-22(15-13-19)29-25(31)18-34-20(2)26(32)30-24-11-7-6-10-23(24)27(33)28-17-16-21-8-4-3-5-9-21/h3-15,20H,16-18H2,1-2H3,(H,28,33)(H,29,31)(H,30,32). The molecule has 3 aromatic rings. The van der Waals surface area contributed by atoms with Crippen LogP contribution in [0.1, 0.15) is 28.4 Å². The van der Waals surface area contributed by atoms with Gasteiger partial charge in [0.2, 0.25) is 11.8 Å². The molecule has 0 saturated carbocycles. The Hall–Kier alpha value is -3.58. The van der Waals surface area contributed by atoms with Crippen molar-refractivity contribution in [1.29, 1.82) is 0 Å². The first-order chi connectivity index (χ1) is 16.4. The molecule has 176 valence electrons. The molecular weight excluding hydrogens is 446 g/mol. The van der Waals surface area contributed by atoms with Gasteiger partial charge >= 0.3 is 0 Å². The number of hydrogen-bond donors (Lipinski definition) is 3. The van der Waals surface area contributed by atoms with Crippen LogP contribution in [0.5, 0.6) is 0 Å². The summed E-state index contributed by atoms with van der Waals surface area (Å²) < 4.78 is 0. The third kappa shape index (κ3) is 7.78. The summed E-state index contributed by atoms with van der Waals surface area (Å²) in [5.74, 6) is -0.543. The summed E-state index contributed by atoms with van der Waals surface area (Å²) in [5.41, 5.74) is 3.82. The van der Waals surface area contributed by atoms with E-state index < -0.39 is 5.25 Å². The van der Waals surface area contributed by atoms with E-state index in [1.165, 1.54) is 11.8 Å². The van der Waals surface area contributed by atoms with Crippen LogP contribution in [0.2, 0.25) is 0 Å². The van der Waals surface area contributed by atoms with Crippen molar-refractivity contribution < 1.29 is 14.4 Å². The van der Waals surface area contributed by atoms with Gasteiger partial charge in [0.15, 0.2) is 0 Å². The van der Waals surface area contributed by atoms with Gasteiger partial charge in [0, 0.05) is 12.2 Å². The summed E-state index contributed by atoms with van der Waals surface area (Å²) >= 11 is 1.24. The van der Waals surface area contributed by atoms with E-state index >= 15 is 0 Å². The van der Waals surface area contributed by atoms with Crippen LogP contribution in [0, 0.1) is 6.92 Å². The number of benzene rings is 3. The quantitative estimate of drug-likeness (QED) is 0.398. The molecule has 7 heteroatoms. The van der Waals surface area contributed by atoms with Gasteiger partial charge in [-0.3, -0.25) is 14.4 Å². The van der Waals surface area contributed by atoms with Crippen molar-refractivity contribution in [3.63, 3.8) is 0 Å². The summed E-state index contributed by atoms with van der Waals surface area (Å²) in [6.45, 7) is 4.21. The van der Waals surface area contributed by atoms with Crippen LogP contribution in [0.25, 0.3) is 0 Å². The van der Waals surface area contributed by atoms with Crippen molar-refractivity contribution in [2.75, 3.05) is 22.9 Å². The largest absolute Gasteiger partial charge is 0.352 e. The normalized spacial score (nSPS) is 11.4. The predicted octanol–water partition coefficient (Wildman–Crippen LogP) is 4.67. The fourth-order valence-electron chi connectivity index (χ4n) is 3.20. The van der Waals surface area contributed by atoms with Crippen molar-refractivity contribution in [3.8, 4) is 0 Å². The van der Waals surface area contributed by atoms with Crippen LogP contribution in [-0.2, 0) is 16.0 Å². The number of carbonyl (C=O) groups excluding carboxylic acids is 3. The monoisotopic (exact) mass is 475 g/mol. The molecule has 0 fully saturated rings. The molecule has 3 aromatic carbocycles. The van der Waals surface area contributed by atoms with Crippen molar-refractivity contribution in [1.82, 2.24) is 5.32 Å². The Bertz CT molecular complexity index is 1120. The first-order valence-electron chi connectivity index (χ1n) is 11.1. The Labute approximate surface area is 204 Å². The summed E-state index contributed by atoms with van der Waals surface area (Å²) in [6.07, 6.45) is 0.722. The van der Waals surface area contributed by atoms with Gasteiger partial charge in [-0.2, -0.15) is 0 Å². The zero-order valence-corrected chi connectivity index (χ0v) is 20.2. The zero-order chi connectivity index (χ0) is 24.3. The molecular formula is C27H29N3O3S. The maximum absolute atomic E-state index is 12.7. The fraction of sp³-hybridized carbons (Fsp3) is 0.222. The van der Waals surface area contributed by atoms with Crippen LogP contribution in [0.15, 0.2) is 78.9 Å². The van der Waals surface area contributed by atoms with Gasteiger partial charge in [0.1, 0.15) is 0 Å². The number of hydrogen-bond acceptors (Lipinski definition) is 4. The highest BCUT2D eigenvalue weighted by atomic mass is 32.2. The molecule has 0 aliphatic heterocycles. The maximum Gasteiger partial charge on any atom is 0.253 e. The number of amides is 3. The van der Waals surface area contributed by atoms with Gasteiger partial charge in [-0.1, -0.05) is 60.2 Å². The van der Waals surface area contributed by atoms with E-state index in [0.29, 0.717) is 17.8 Å². The van der Waals surface area contributed by atoms with Crippen LogP contribution < -0.4 is 16.0 Å². The third-order valence-corrected chi connectivity index (χ3v) is 6.28. The molecule has 0 radical (unpaired) electrons. The lowest BCUT2D eigenvalue weighted by atomic mass is 10.1. The van der Waals surface area contributed by atoms with Gasteiger partial charge < -0.3 is 16.0 Å². The second-order valence-corrected chi connectivity index (χ2v) is 9.22. The molecule has 6 nitrogen and oxygen atoms in total. The molecule has 1 atom stereocenters. The maximum atomic E-state index is 12.7. The van der Waals surface area contributed by atoms with E-state index in [4.69, 9.17) is 0 Å². The first kappa shape index (κ1) is 25.1. The van der Waals surface area contributed by atoms with Gasteiger partial charge in [0.05, 0.1) is 22.3 Å². The number of rotatable bonds is 10. The molecule has 0 heterocycles. The molecule has 0 aliphatic rings. The van der Waals surface area contributed by atoms with Gasteiger partial charge in [-0.05, 0) is 50.1 Å². The van der Waals surface area contributed by atoms with Crippen molar-refractivity contribution in [2.24, 2.45) is 0 Å². The van der Waals surface area contributed by atoms with Crippen LogP contribution in [0.4, 0.5) is 11.4 Å². The van der Waals surface area contributed by atoms with Gasteiger partial charge in [-0.15, -0.1) is 11.8 Å². The number of nitrogens with one attached hydrogen (secondary N) is 3. The lowest BCUT2D eigenvalue weighted by molar-refractivity contribution is -0.115. The van der Waals surface area contributed by atoms with Gasteiger partial charge in [0.25, 0.3) is 5.91 Å². The van der Waals surface area contributed by atoms with Gasteiger partial charge in [-0.25, -0.2) is 0 Å². The Balaban J connectivity index is 1.49. The Kier molecular flexibility index (Phi) is 9.29. The van der Waals surface area contributed by atoms with E-state index in [2.05, 4.69) is 16.0 Å². The summed E-state index contributed by atoms with van der Waals surface area (Å²) in [7, 11) is 0. The summed E-state index contributed by atoms with van der Waals surface area (Å²) in [5, 5.41) is 8.09. The number of para-hydroxylation sites is 1. The average molecular weight is 476 g/mol. The Morgan fingerprint density at radius 1 is 0.853 bits per heavy atom. The van der Waals surface area contributed by atoms with Crippen LogP contribution in [0.3, 0.4) is 0 Å². The highest BCUT2D eigenvalue weighted by Gasteiger charge is 2.18. The minimum absolute atomic E-state index is 0.143. The van der Waals surface area contributed by atoms with E-state index in [0.717, 1.165) is 23.2 Å². The van der Waals surface area contributed by atoms with Crippen molar-refractivity contribution >= 4 is 40.9 Å².